The summed E-state index contributed by atoms with van der Waals surface area (Å²) < 4.78 is 0. The number of hydrogen-bond donors (Lipinski definition) is 0. The van der Waals surface area contributed by atoms with Gasteiger partial charge in [0.25, 0.3) is 0 Å². The lowest BCUT2D eigenvalue weighted by Crippen LogP contribution is -2.23. The molecule has 0 aliphatic carbocycles. The van der Waals surface area contributed by atoms with E-state index >= 15 is 0 Å². The van der Waals surface area contributed by atoms with Crippen LogP contribution in [0.25, 0.3) is 89.8 Å². The minimum Gasteiger partial charge on any atom is -0.313 e. The second kappa shape index (κ2) is 18.3. The first kappa shape index (κ1) is 43.1. The average Bonchev–Trinajstić information content (AvgIpc) is 3.41. The average molecular weight is 889 g/mol. The molecule has 4 heteroatoms. The number of rotatable bonds is 9. The fraction of sp³-hybridized carbons (Fsp3) is 0.0923. The maximum atomic E-state index is 5.31. The quantitative estimate of drug-likeness (QED) is 0.145. The molecule has 0 saturated heterocycles. The highest BCUT2D eigenvalue weighted by Gasteiger charge is 2.31. The van der Waals surface area contributed by atoms with Crippen molar-refractivity contribution in [3.8, 4) is 89.8 Å². The third-order valence-electron chi connectivity index (χ3n) is 13.2. The van der Waals surface area contributed by atoms with Crippen molar-refractivity contribution in [3.63, 3.8) is 0 Å². The molecule has 0 unspecified atom stereocenters. The Morgan fingerprint density at radius 3 is 1.10 bits per heavy atom. The molecular weight excluding hydrogens is 837 g/mol. The molecule has 1 aromatic heterocycles. The Labute approximate surface area is 406 Å². The van der Waals surface area contributed by atoms with Crippen LogP contribution in [0.1, 0.15) is 38.8 Å². The van der Waals surface area contributed by atoms with E-state index in [0.29, 0.717) is 17.5 Å². The summed E-state index contributed by atoms with van der Waals surface area (Å²) >= 11 is 0. The predicted octanol–water partition coefficient (Wildman–Crippen LogP) is 17.1. The Balaban J connectivity index is 1.23. The zero-order chi connectivity index (χ0) is 46.9. The Morgan fingerprint density at radius 2 is 0.681 bits per heavy atom. The van der Waals surface area contributed by atoms with Crippen LogP contribution in [0.5, 0.6) is 0 Å². The van der Waals surface area contributed by atoms with Gasteiger partial charge in [0, 0.05) is 39.1 Å². The largest absolute Gasteiger partial charge is 0.313 e. The van der Waals surface area contributed by atoms with E-state index in [4.69, 9.17) is 15.0 Å². The lowest BCUT2D eigenvalue weighted by molar-refractivity contribution is 0.589. The summed E-state index contributed by atoms with van der Waals surface area (Å²) in [6, 6.07) is 80.1. The third kappa shape index (κ3) is 8.70. The molecule has 0 bridgehead atoms. The van der Waals surface area contributed by atoms with Crippen molar-refractivity contribution in [1.29, 1.82) is 0 Å². The maximum Gasteiger partial charge on any atom is 0.164 e. The molecule has 0 saturated carbocycles. The molecule has 0 spiro atoms. The van der Waals surface area contributed by atoms with Gasteiger partial charge in [-0.25, -0.2) is 15.0 Å². The summed E-state index contributed by atoms with van der Waals surface area (Å²) in [5.74, 6) is 1.85. The molecule has 4 nitrogen and oxygen atoms in total. The van der Waals surface area contributed by atoms with Crippen molar-refractivity contribution in [1.82, 2.24) is 15.0 Å². The Kier molecular flexibility index (Phi) is 11.4. The van der Waals surface area contributed by atoms with Crippen molar-refractivity contribution in [2.75, 3.05) is 4.90 Å². The van der Waals surface area contributed by atoms with Crippen LogP contribution >= 0.6 is 0 Å². The first-order valence-electron chi connectivity index (χ1n) is 23.8. The lowest BCUT2D eigenvalue weighted by Gasteiger charge is -2.37. The topological polar surface area (TPSA) is 41.9 Å². The van der Waals surface area contributed by atoms with E-state index in [-0.39, 0.29) is 5.41 Å². The number of nitrogens with zero attached hydrogens (tertiary/aromatic N) is 4. The second-order valence-electron chi connectivity index (χ2n) is 18.9. The second-order valence-corrected chi connectivity index (χ2v) is 18.9. The highest BCUT2D eigenvalue weighted by Crippen LogP contribution is 2.52. The molecule has 9 aromatic carbocycles. The molecule has 69 heavy (non-hydrogen) atoms. The third-order valence-corrected chi connectivity index (χ3v) is 13.2. The Hall–Kier alpha value is -8.47. The van der Waals surface area contributed by atoms with E-state index in [2.05, 4.69) is 227 Å². The normalized spacial score (nSPS) is 12.3. The van der Waals surface area contributed by atoms with Gasteiger partial charge in [-0.1, -0.05) is 233 Å². The first-order chi connectivity index (χ1) is 33.7. The van der Waals surface area contributed by atoms with Crippen LogP contribution in [0.15, 0.2) is 236 Å². The summed E-state index contributed by atoms with van der Waals surface area (Å²) in [6.07, 6.45) is 3.23. The number of benzene rings is 9. The number of anilines is 2. The van der Waals surface area contributed by atoms with Gasteiger partial charge in [-0.05, 0) is 87.0 Å². The van der Waals surface area contributed by atoms with Crippen LogP contribution in [-0.4, -0.2) is 15.0 Å². The van der Waals surface area contributed by atoms with Gasteiger partial charge < -0.3 is 4.90 Å². The van der Waals surface area contributed by atoms with Gasteiger partial charge >= 0.3 is 0 Å². The molecule has 0 amide bonds. The highest BCUT2D eigenvalue weighted by atomic mass is 15.2. The van der Waals surface area contributed by atoms with Gasteiger partial charge in [0.15, 0.2) is 17.5 Å². The molecule has 1 aliphatic rings. The van der Waals surface area contributed by atoms with Crippen LogP contribution in [0.4, 0.5) is 11.4 Å². The summed E-state index contributed by atoms with van der Waals surface area (Å²) in [7, 11) is 0. The van der Waals surface area contributed by atoms with Gasteiger partial charge in [-0.3, -0.25) is 0 Å². The first-order valence-corrected chi connectivity index (χ1v) is 23.8. The smallest absolute Gasteiger partial charge is 0.164 e. The number of aromatic nitrogens is 3. The highest BCUT2D eigenvalue weighted by molar-refractivity contribution is 6.01. The van der Waals surface area contributed by atoms with Gasteiger partial charge in [0.2, 0.25) is 0 Å². The van der Waals surface area contributed by atoms with Crippen molar-refractivity contribution >= 4 is 11.4 Å². The molecule has 0 atom stereocenters. The SMILES string of the molecule is CC1=CCc2cc(C(C)(C)C)cc(-c3ccccc3)c2N1c1c(-c2ccc(-c3ccccc3)cc2)cc(-c2nc(-c3ccccc3)nc(-c3ccccc3)n2)cc1-c1ccc(-c2ccccc2)cc1. The van der Waals surface area contributed by atoms with E-state index in [0.717, 1.165) is 67.9 Å². The number of allylic oxidation sites excluding steroid dienone is 2. The van der Waals surface area contributed by atoms with E-state index < -0.39 is 0 Å². The zero-order valence-corrected chi connectivity index (χ0v) is 39.4. The molecular formula is C65H52N4. The van der Waals surface area contributed by atoms with Gasteiger partial charge in [0.1, 0.15) is 0 Å². The zero-order valence-electron chi connectivity index (χ0n) is 39.4. The van der Waals surface area contributed by atoms with Crippen molar-refractivity contribution in [2.45, 2.75) is 39.5 Å². The fourth-order valence-corrected chi connectivity index (χ4v) is 9.53. The molecule has 2 heterocycles. The predicted molar refractivity (Wildman–Crippen MR) is 288 cm³/mol. The monoisotopic (exact) mass is 888 g/mol. The van der Waals surface area contributed by atoms with Crippen molar-refractivity contribution < 1.29 is 0 Å². The maximum absolute atomic E-state index is 5.31. The van der Waals surface area contributed by atoms with Crippen LogP contribution in [0.3, 0.4) is 0 Å². The number of fused-ring (bicyclic) bond motifs is 1. The Bertz CT molecular complexity index is 3290. The minimum absolute atomic E-state index is 0.0552. The van der Waals surface area contributed by atoms with Crippen LogP contribution < -0.4 is 4.90 Å². The fourth-order valence-electron chi connectivity index (χ4n) is 9.53. The standard InChI is InChI=1S/C65H52N4/c1-44-30-31-54-40-56(65(2,3)4)43-59(49-24-14-7-15-25-49)60(54)69(44)61-57(50-36-32-47(33-37-50)45-20-10-5-11-21-45)41-55(42-58(61)51-38-34-48(35-39-51)46-22-12-6-13-23-46)64-67-62(52-26-16-8-17-27-52)66-63(68-64)53-28-18-9-19-29-53/h5-30,32-43H,31H2,1-4H3. The Morgan fingerprint density at radius 1 is 0.348 bits per heavy atom. The van der Waals surface area contributed by atoms with Gasteiger partial charge in [-0.15, -0.1) is 0 Å². The van der Waals surface area contributed by atoms with Gasteiger partial charge in [0.05, 0.1) is 11.4 Å². The number of hydrogen-bond acceptors (Lipinski definition) is 4. The molecule has 0 fully saturated rings. The molecule has 1 aliphatic heterocycles. The van der Waals surface area contributed by atoms with E-state index in [9.17, 15) is 0 Å². The minimum atomic E-state index is -0.0552. The lowest BCUT2D eigenvalue weighted by atomic mass is 9.81. The van der Waals surface area contributed by atoms with Gasteiger partial charge in [-0.2, -0.15) is 0 Å². The molecule has 0 N–H and O–H groups in total. The molecule has 11 rings (SSSR count). The van der Waals surface area contributed by atoms with Crippen molar-refractivity contribution in [3.05, 3.63) is 247 Å². The molecule has 0 radical (unpaired) electrons. The van der Waals surface area contributed by atoms with E-state index in [1.54, 1.807) is 0 Å². The molecule has 332 valence electrons. The summed E-state index contributed by atoms with van der Waals surface area (Å²) in [6.45, 7) is 9.20. The summed E-state index contributed by atoms with van der Waals surface area (Å²) in [4.78, 5) is 18.2. The van der Waals surface area contributed by atoms with E-state index in [1.165, 1.54) is 39.1 Å². The van der Waals surface area contributed by atoms with Crippen LogP contribution in [-0.2, 0) is 11.8 Å². The summed E-state index contributed by atoms with van der Waals surface area (Å²) in [5.41, 5.74) is 20.1. The summed E-state index contributed by atoms with van der Waals surface area (Å²) in [5, 5.41) is 0. The van der Waals surface area contributed by atoms with Crippen LogP contribution in [0, 0.1) is 0 Å². The van der Waals surface area contributed by atoms with E-state index in [1.807, 2.05) is 36.4 Å². The van der Waals surface area contributed by atoms with Crippen molar-refractivity contribution in [2.24, 2.45) is 0 Å². The van der Waals surface area contributed by atoms with Crippen LogP contribution in [0.2, 0.25) is 0 Å². The molecule has 10 aromatic rings.